The second kappa shape index (κ2) is 11.9. The molecule has 0 saturated heterocycles. The van der Waals surface area contributed by atoms with Gasteiger partial charge in [0.25, 0.3) is 0 Å². The van der Waals surface area contributed by atoms with Gasteiger partial charge in [0.1, 0.15) is 11.5 Å². The third-order valence-electron chi connectivity index (χ3n) is 5.31. The van der Waals surface area contributed by atoms with Crippen molar-refractivity contribution in [3.63, 3.8) is 0 Å². The number of ether oxygens (including phenoxy) is 1. The van der Waals surface area contributed by atoms with Gasteiger partial charge in [-0.25, -0.2) is 0 Å². The summed E-state index contributed by atoms with van der Waals surface area (Å²) >= 11 is 0.937. The quantitative estimate of drug-likeness (QED) is 0.270. The third-order valence-corrected chi connectivity index (χ3v) is 5.79. The molecule has 0 amide bonds. The monoisotopic (exact) mass is 403 g/mol. The van der Waals surface area contributed by atoms with Crippen LogP contribution in [0.25, 0.3) is 0 Å². The minimum absolute atomic E-state index is 0.131. The van der Waals surface area contributed by atoms with E-state index in [9.17, 15) is 5.11 Å². The summed E-state index contributed by atoms with van der Waals surface area (Å²) in [6.45, 7) is 6.07. The van der Waals surface area contributed by atoms with Gasteiger partial charge in [-0.1, -0.05) is 38.5 Å². The van der Waals surface area contributed by atoms with Crippen LogP contribution >= 0.6 is 12.0 Å². The fourth-order valence-corrected chi connectivity index (χ4v) is 3.71. The Hall–Kier alpha value is -1.85. The number of unbranched alkanes of at least 4 members (excludes halogenated alkanes) is 1. The minimum Gasteiger partial charge on any atom is -0.508 e. The number of rotatable bonds is 13. The summed E-state index contributed by atoms with van der Waals surface area (Å²) in [5.74, 6) is 1.83. The lowest BCUT2D eigenvalue weighted by molar-refractivity contribution is 0.314. The van der Waals surface area contributed by atoms with Gasteiger partial charge in [-0.15, -0.1) is 0 Å². The third kappa shape index (κ3) is 6.95. The average Bonchev–Trinajstić information content (AvgIpc) is 2.72. The zero-order valence-corrected chi connectivity index (χ0v) is 17.8. The maximum atomic E-state index is 9.31. The number of hydrogen-bond acceptors (Lipinski definition) is 5. The molecule has 0 fully saturated rings. The predicted octanol–water partition coefficient (Wildman–Crippen LogP) is 6.32. The van der Waals surface area contributed by atoms with Gasteiger partial charge in [0.2, 0.25) is 0 Å². The summed E-state index contributed by atoms with van der Waals surface area (Å²) < 4.78 is 14.6. The van der Waals surface area contributed by atoms with Crippen molar-refractivity contribution in [2.24, 2.45) is 0 Å². The van der Waals surface area contributed by atoms with Crippen molar-refractivity contribution in [3.8, 4) is 11.5 Å². The highest BCUT2D eigenvalue weighted by Crippen LogP contribution is 2.37. The van der Waals surface area contributed by atoms with Crippen molar-refractivity contribution in [3.05, 3.63) is 54.1 Å². The number of nitrogens with one attached hydrogen (secondary N) is 1. The zero-order valence-electron chi connectivity index (χ0n) is 17.0. The van der Waals surface area contributed by atoms with Crippen molar-refractivity contribution < 1.29 is 14.4 Å². The molecule has 0 saturated carbocycles. The first kappa shape index (κ1) is 22.4. The van der Waals surface area contributed by atoms with Crippen LogP contribution in [0.1, 0.15) is 51.5 Å². The van der Waals surface area contributed by atoms with Crippen LogP contribution in [0.5, 0.6) is 11.5 Å². The standard InChI is InChI=1S/C23H33NO3S/c1-3-23(2,15-6-7-18-28-26)21-9-4-5-10-22(21)24-16-8-17-27-20-13-11-19(25)12-14-20/h4-5,9-14,24-26H,3,6-8,15-18H2,1-2H3. The Kier molecular flexibility index (Phi) is 9.51. The SMILES string of the molecule is CCC(C)(CCCCSO)c1ccccc1NCCCOc1ccc(O)cc1. The first-order valence-electron chi connectivity index (χ1n) is 10.1. The van der Waals surface area contributed by atoms with Crippen molar-refractivity contribution in [1.82, 2.24) is 0 Å². The summed E-state index contributed by atoms with van der Waals surface area (Å²) in [5, 5.41) is 12.9. The van der Waals surface area contributed by atoms with E-state index >= 15 is 0 Å². The van der Waals surface area contributed by atoms with Gasteiger partial charge in [-0.3, -0.25) is 0 Å². The van der Waals surface area contributed by atoms with E-state index in [0.717, 1.165) is 62.2 Å². The Morgan fingerprint density at radius 3 is 2.50 bits per heavy atom. The highest BCUT2D eigenvalue weighted by molar-refractivity contribution is 7.93. The minimum atomic E-state index is 0.131. The Labute approximate surface area is 173 Å². The second-order valence-electron chi connectivity index (χ2n) is 7.37. The molecule has 0 spiro atoms. The number of phenols is 1. The van der Waals surface area contributed by atoms with Crippen LogP contribution in [-0.4, -0.2) is 28.6 Å². The molecule has 0 aliphatic heterocycles. The number of aromatic hydroxyl groups is 1. The molecule has 154 valence electrons. The van der Waals surface area contributed by atoms with Gasteiger partial charge < -0.3 is 19.7 Å². The molecule has 0 aliphatic rings. The average molecular weight is 404 g/mol. The molecule has 28 heavy (non-hydrogen) atoms. The summed E-state index contributed by atoms with van der Waals surface area (Å²) in [6.07, 6.45) is 5.26. The Balaban J connectivity index is 1.86. The summed E-state index contributed by atoms with van der Waals surface area (Å²) in [7, 11) is 0. The van der Waals surface area contributed by atoms with E-state index in [4.69, 9.17) is 9.29 Å². The molecule has 2 rings (SSSR count). The van der Waals surface area contributed by atoms with E-state index in [-0.39, 0.29) is 11.2 Å². The number of phenolic OH excluding ortho intramolecular Hbond substituents is 1. The van der Waals surface area contributed by atoms with Crippen molar-refractivity contribution >= 4 is 17.7 Å². The number of anilines is 1. The largest absolute Gasteiger partial charge is 0.508 e. The fraction of sp³-hybridized carbons (Fsp3) is 0.478. The highest BCUT2D eigenvalue weighted by Gasteiger charge is 2.26. The van der Waals surface area contributed by atoms with Crippen LogP contribution in [0.2, 0.25) is 0 Å². The van der Waals surface area contributed by atoms with E-state index in [1.165, 1.54) is 11.3 Å². The molecule has 3 N–H and O–H groups in total. The van der Waals surface area contributed by atoms with Gasteiger partial charge in [0, 0.05) is 18.0 Å². The van der Waals surface area contributed by atoms with Crippen molar-refractivity contribution in [1.29, 1.82) is 0 Å². The molecule has 2 aromatic rings. The van der Waals surface area contributed by atoms with Gasteiger partial charge in [-0.05, 0) is 79.0 Å². The summed E-state index contributed by atoms with van der Waals surface area (Å²) in [6, 6.07) is 15.4. The topological polar surface area (TPSA) is 61.7 Å². The lowest BCUT2D eigenvalue weighted by Gasteiger charge is -2.31. The molecule has 0 heterocycles. The van der Waals surface area contributed by atoms with E-state index in [2.05, 4.69) is 43.4 Å². The van der Waals surface area contributed by atoms with Crippen molar-refractivity contribution in [2.75, 3.05) is 24.2 Å². The number of para-hydroxylation sites is 1. The first-order valence-corrected chi connectivity index (χ1v) is 11.0. The molecular weight excluding hydrogens is 370 g/mol. The van der Waals surface area contributed by atoms with Gasteiger partial charge in [0.15, 0.2) is 0 Å². The van der Waals surface area contributed by atoms with Crippen LogP contribution in [0, 0.1) is 0 Å². The van der Waals surface area contributed by atoms with Crippen LogP contribution in [0.15, 0.2) is 48.5 Å². The molecule has 2 aromatic carbocycles. The van der Waals surface area contributed by atoms with Gasteiger partial charge in [0.05, 0.1) is 6.61 Å². The van der Waals surface area contributed by atoms with E-state index in [1.54, 1.807) is 24.3 Å². The van der Waals surface area contributed by atoms with Crippen molar-refractivity contribution in [2.45, 2.75) is 51.4 Å². The maximum Gasteiger partial charge on any atom is 0.119 e. The van der Waals surface area contributed by atoms with Gasteiger partial charge >= 0.3 is 0 Å². The van der Waals surface area contributed by atoms with Crippen LogP contribution in [0.4, 0.5) is 5.69 Å². The molecule has 0 aliphatic carbocycles. The zero-order chi connectivity index (χ0) is 20.2. The predicted molar refractivity (Wildman–Crippen MR) is 120 cm³/mol. The number of benzene rings is 2. The Morgan fingerprint density at radius 1 is 1.04 bits per heavy atom. The number of hydrogen-bond donors (Lipinski definition) is 3. The molecule has 1 unspecified atom stereocenters. The molecule has 0 bridgehead atoms. The van der Waals surface area contributed by atoms with E-state index in [0.29, 0.717) is 6.61 Å². The first-order chi connectivity index (χ1) is 13.6. The van der Waals surface area contributed by atoms with Crippen LogP contribution < -0.4 is 10.1 Å². The summed E-state index contributed by atoms with van der Waals surface area (Å²) in [5.41, 5.74) is 2.70. The Morgan fingerprint density at radius 2 is 1.79 bits per heavy atom. The van der Waals surface area contributed by atoms with E-state index < -0.39 is 0 Å². The second-order valence-corrected chi connectivity index (χ2v) is 8.04. The molecule has 4 nitrogen and oxygen atoms in total. The molecule has 5 heteroatoms. The maximum absolute atomic E-state index is 9.31. The summed E-state index contributed by atoms with van der Waals surface area (Å²) in [4.78, 5) is 0. The van der Waals surface area contributed by atoms with E-state index in [1.807, 2.05) is 0 Å². The molecule has 0 aromatic heterocycles. The molecular formula is C23H33NO3S. The lowest BCUT2D eigenvalue weighted by Crippen LogP contribution is -2.23. The molecule has 0 radical (unpaired) electrons. The smallest absolute Gasteiger partial charge is 0.119 e. The fourth-order valence-electron chi connectivity index (χ4n) is 3.37. The van der Waals surface area contributed by atoms with Crippen LogP contribution in [0.3, 0.4) is 0 Å². The normalized spacial score (nSPS) is 13.1. The highest BCUT2D eigenvalue weighted by atomic mass is 32.2. The Bertz CT molecular complexity index is 693. The molecule has 1 atom stereocenters. The van der Waals surface area contributed by atoms with Crippen LogP contribution in [-0.2, 0) is 5.41 Å². The lowest BCUT2D eigenvalue weighted by atomic mass is 9.75. The van der Waals surface area contributed by atoms with Gasteiger partial charge in [-0.2, -0.15) is 0 Å².